The molecule has 7 heteroatoms. The van der Waals surface area contributed by atoms with E-state index >= 15 is 0 Å². The summed E-state index contributed by atoms with van der Waals surface area (Å²) < 4.78 is 11.8. The Kier molecular flexibility index (Phi) is 6.09. The molecule has 0 unspecified atom stereocenters. The Hall–Kier alpha value is -3.64. The van der Waals surface area contributed by atoms with E-state index in [0.29, 0.717) is 28.1 Å². The summed E-state index contributed by atoms with van der Waals surface area (Å²) in [4.78, 5) is 14.8. The Balaban J connectivity index is 1.28. The number of amides is 1. The number of carbonyl (C=O) groups excluding carboxylic acids is 1. The molecule has 0 spiro atoms. The van der Waals surface area contributed by atoms with Gasteiger partial charge in [0.2, 0.25) is 11.8 Å². The van der Waals surface area contributed by atoms with E-state index in [1.54, 1.807) is 11.0 Å². The fraction of sp³-hybridized carbons (Fsp3) is 0.192. The van der Waals surface area contributed by atoms with Crippen LogP contribution in [0.1, 0.15) is 18.7 Å². The molecular formula is C26H22ClN3O3. The van der Waals surface area contributed by atoms with Gasteiger partial charge in [-0.2, -0.15) is 0 Å². The van der Waals surface area contributed by atoms with Gasteiger partial charge in [-0.3, -0.25) is 4.79 Å². The molecule has 0 aliphatic heterocycles. The van der Waals surface area contributed by atoms with Crippen LogP contribution in [0, 0.1) is 0 Å². The quantitative estimate of drug-likeness (QED) is 0.341. The van der Waals surface area contributed by atoms with Crippen LogP contribution in [-0.2, 0) is 11.3 Å². The van der Waals surface area contributed by atoms with Gasteiger partial charge in [-0.1, -0.05) is 72.3 Å². The summed E-state index contributed by atoms with van der Waals surface area (Å²) in [6, 6.07) is 25.2. The zero-order valence-electron chi connectivity index (χ0n) is 17.9. The highest BCUT2D eigenvalue weighted by atomic mass is 35.5. The lowest BCUT2D eigenvalue weighted by Crippen LogP contribution is -2.36. The van der Waals surface area contributed by atoms with Crippen LogP contribution in [0.3, 0.4) is 0 Å². The topological polar surface area (TPSA) is 68.5 Å². The molecule has 1 fully saturated rings. The molecule has 0 N–H and O–H groups in total. The number of rotatable bonds is 8. The van der Waals surface area contributed by atoms with Crippen LogP contribution in [-0.4, -0.2) is 33.7 Å². The molecule has 33 heavy (non-hydrogen) atoms. The molecule has 3 aromatic carbocycles. The fourth-order valence-corrected chi connectivity index (χ4v) is 3.90. The zero-order chi connectivity index (χ0) is 22.6. The van der Waals surface area contributed by atoms with Gasteiger partial charge >= 0.3 is 0 Å². The van der Waals surface area contributed by atoms with E-state index in [-0.39, 0.29) is 25.1 Å². The van der Waals surface area contributed by atoms with E-state index in [1.807, 2.05) is 72.8 Å². The molecule has 4 aromatic rings. The van der Waals surface area contributed by atoms with E-state index in [2.05, 4.69) is 10.2 Å². The van der Waals surface area contributed by atoms with Gasteiger partial charge in [0, 0.05) is 11.6 Å². The predicted octanol–water partition coefficient (Wildman–Crippen LogP) is 5.63. The second kappa shape index (κ2) is 9.46. The maximum absolute atomic E-state index is 13.1. The lowest BCUT2D eigenvalue weighted by Gasteiger charge is -2.21. The number of aromatic nitrogens is 2. The first-order valence-corrected chi connectivity index (χ1v) is 11.2. The Labute approximate surface area is 196 Å². The van der Waals surface area contributed by atoms with Crippen LogP contribution in [0.5, 0.6) is 5.75 Å². The van der Waals surface area contributed by atoms with Crippen molar-refractivity contribution in [3.63, 3.8) is 0 Å². The summed E-state index contributed by atoms with van der Waals surface area (Å²) in [6.45, 7) is 0.177. The summed E-state index contributed by atoms with van der Waals surface area (Å²) in [5.74, 6) is 1.27. The molecule has 1 amide bonds. The standard InChI is InChI=1S/C26H22ClN3O3/c27-22-12-6-4-11-21(22)26-29-28-24(33-26)16-30(19-14-15-19)25(31)17-32-23-13-7-5-10-20(23)18-8-2-1-3-9-18/h1-13,19H,14-17H2. The van der Waals surface area contributed by atoms with Crippen LogP contribution < -0.4 is 4.74 Å². The minimum absolute atomic E-state index is 0.0636. The molecule has 6 nitrogen and oxygen atoms in total. The van der Waals surface area contributed by atoms with Gasteiger partial charge in [-0.05, 0) is 36.6 Å². The summed E-state index contributed by atoms with van der Waals surface area (Å²) in [5, 5.41) is 8.77. The molecule has 1 heterocycles. The highest BCUT2D eigenvalue weighted by Gasteiger charge is 2.34. The van der Waals surface area contributed by atoms with E-state index in [0.717, 1.165) is 24.0 Å². The number of hydrogen-bond acceptors (Lipinski definition) is 5. The number of benzene rings is 3. The number of ether oxygens (including phenoxy) is 1. The summed E-state index contributed by atoms with van der Waals surface area (Å²) in [5.41, 5.74) is 2.66. The van der Waals surface area contributed by atoms with Gasteiger partial charge < -0.3 is 14.1 Å². The van der Waals surface area contributed by atoms with Crippen LogP contribution in [0.4, 0.5) is 0 Å². The highest BCUT2D eigenvalue weighted by molar-refractivity contribution is 6.33. The van der Waals surface area contributed by atoms with Crippen LogP contribution in [0.25, 0.3) is 22.6 Å². The first-order chi connectivity index (χ1) is 16.2. The number of para-hydroxylation sites is 1. The van der Waals surface area contributed by atoms with Gasteiger partial charge in [0.15, 0.2) is 6.61 Å². The van der Waals surface area contributed by atoms with Gasteiger partial charge in [-0.15, -0.1) is 10.2 Å². The third-order valence-corrected chi connectivity index (χ3v) is 5.84. The Bertz CT molecular complexity index is 1250. The van der Waals surface area contributed by atoms with Crippen molar-refractivity contribution in [2.24, 2.45) is 0 Å². The van der Waals surface area contributed by atoms with Gasteiger partial charge in [-0.25, -0.2) is 0 Å². The van der Waals surface area contributed by atoms with Crippen molar-refractivity contribution in [3.05, 3.63) is 89.8 Å². The lowest BCUT2D eigenvalue weighted by atomic mass is 10.1. The predicted molar refractivity (Wildman–Crippen MR) is 126 cm³/mol. The summed E-state index contributed by atoms with van der Waals surface area (Å²) in [7, 11) is 0. The maximum Gasteiger partial charge on any atom is 0.261 e. The molecule has 5 rings (SSSR count). The SMILES string of the molecule is O=C(COc1ccccc1-c1ccccc1)N(Cc1nnc(-c2ccccc2Cl)o1)C1CC1. The first-order valence-electron chi connectivity index (χ1n) is 10.8. The van der Waals surface area contributed by atoms with E-state index in [1.165, 1.54) is 0 Å². The minimum Gasteiger partial charge on any atom is -0.483 e. The Morgan fingerprint density at radius 1 is 0.939 bits per heavy atom. The average molecular weight is 460 g/mol. The normalized spacial score (nSPS) is 13.0. The van der Waals surface area contributed by atoms with Crippen LogP contribution in [0.2, 0.25) is 5.02 Å². The molecule has 0 radical (unpaired) electrons. The van der Waals surface area contributed by atoms with Crippen molar-refractivity contribution in [2.45, 2.75) is 25.4 Å². The zero-order valence-corrected chi connectivity index (χ0v) is 18.6. The van der Waals surface area contributed by atoms with Gasteiger partial charge in [0.25, 0.3) is 5.91 Å². The van der Waals surface area contributed by atoms with Gasteiger partial charge in [0.05, 0.1) is 17.1 Å². The van der Waals surface area contributed by atoms with Crippen molar-refractivity contribution in [3.8, 4) is 28.3 Å². The maximum atomic E-state index is 13.1. The fourth-order valence-electron chi connectivity index (χ4n) is 3.68. The lowest BCUT2D eigenvalue weighted by molar-refractivity contribution is -0.134. The number of carbonyl (C=O) groups is 1. The highest BCUT2D eigenvalue weighted by Crippen LogP contribution is 2.32. The molecule has 1 saturated carbocycles. The van der Waals surface area contributed by atoms with Crippen molar-refractivity contribution in [1.82, 2.24) is 15.1 Å². The van der Waals surface area contributed by atoms with E-state index < -0.39 is 0 Å². The summed E-state index contributed by atoms with van der Waals surface area (Å²) >= 11 is 6.23. The molecule has 1 aliphatic rings. The van der Waals surface area contributed by atoms with E-state index in [4.69, 9.17) is 20.8 Å². The Morgan fingerprint density at radius 2 is 1.64 bits per heavy atom. The number of hydrogen-bond donors (Lipinski definition) is 0. The first kappa shape index (κ1) is 21.2. The molecular weight excluding hydrogens is 438 g/mol. The van der Waals surface area contributed by atoms with Crippen molar-refractivity contribution < 1.29 is 13.9 Å². The second-order valence-corrected chi connectivity index (χ2v) is 8.29. The molecule has 1 aliphatic carbocycles. The van der Waals surface area contributed by atoms with Crippen molar-refractivity contribution >= 4 is 17.5 Å². The second-order valence-electron chi connectivity index (χ2n) is 7.88. The minimum atomic E-state index is -0.113. The third kappa shape index (κ3) is 4.91. The van der Waals surface area contributed by atoms with Crippen molar-refractivity contribution in [2.75, 3.05) is 6.61 Å². The molecule has 0 saturated heterocycles. The van der Waals surface area contributed by atoms with Crippen molar-refractivity contribution in [1.29, 1.82) is 0 Å². The third-order valence-electron chi connectivity index (χ3n) is 5.51. The average Bonchev–Trinajstić information content (AvgIpc) is 3.59. The Morgan fingerprint density at radius 3 is 2.39 bits per heavy atom. The van der Waals surface area contributed by atoms with Crippen LogP contribution >= 0.6 is 11.6 Å². The number of nitrogens with zero attached hydrogens (tertiary/aromatic N) is 3. The smallest absolute Gasteiger partial charge is 0.261 e. The molecule has 0 atom stereocenters. The van der Waals surface area contributed by atoms with E-state index in [9.17, 15) is 4.79 Å². The largest absolute Gasteiger partial charge is 0.483 e. The van der Waals surface area contributed by atoms with Crippen LogP contribution in [0.15, 0.2) is 83.3 Å². The molecule has 0 bridgehead atoms. The summed E-state index contributed by atoms with van der Waals surface area (Å²) in [6.07, 6.45) is 1.91. The van der Waals surface area contributed by atoms with Gasteiger partial charge in [0.1, 0.15) is 5.75 Å². The molecule has 166 valence electrons. The number of halogens is 1. The molecule has 1 aromatic heterocycles. The monoisotopic (exact) mass is 459 g/mol.